The van der Waals surface area contributed by atoms with E-state index in [2.05, 4.69) is 10.5 Å². The Morgan fingerprint density at radius 1 is 1.08 bits per heavy atom. The average molecular weight is 350 g/mol. The van der Waals surface area contributed by atoms with Gasteiger partial charge in [0.2, 0.25) is 0 Å². The van der Waals surface area contributed by atoms with Gasteiger partial charge in [0, 0.05) is 12.0 Å². The minimum absolute atomic E-state index is 0.187. The highest BCUT2D eigenvalue weighted by Gasteiger charge is 2.26. The number of hydrogen-bond acceptors (Lipinski definition) is 4. The highest BCUT2D eigenvalue weighted by molar-refractivity contribution is 6.02. The number of carbonyl (C=O) groups excluding carboxylic acids is 1. The number of aryl methyl sites for hydroxylation is 1. The Balaban J connectivity index is 1.85. The number of carboxylic acids is 1. The van der Waals surface area contributed by atoms with Crippen molar-refractivity contribution in [2.45, 2.75) is 19.4 Å². The van der Waals surface area contributed by atoms with E-state index in [4.69, 9.17) is 4.52 Å². The molecular weight excluding hydrogens is 332 g/mol. The van der Waals surface area contributed by atoms with Gasteiger partial charge in [-0.25, -0.2) is 4.79 Å². The van der Waals surface area contributed by atoms with Crippen molar-refractivity contribution in [2.24, 2.45) is 0 Å². The van der Waals surface area contributed by atoms with Crippen LogP contribution in [0, 0.1) is 6.92 Å². The zero-order chi connectivity index (χ0) is 18.5. The Hall–Kier alpha value is -3.41. The lowest BCUT2D eigenvalue weighted by Crippen LogP contribution is -2.42. The van der Waals surface area contributed by atoms with Crippen LogP contribution in [0.2, 0.25) is 0 Å². The Morgan fingerprint density at radius 3 is 2.31 bits per heavy atom. The van der Waals surface area contributed by atoms with Gasteiger partial charge in [-0.05, 0) is 12.5 Å². The maximum absolute atomic E-state index is 12.8. The van der Waals surface area contributed by atoms with E-state index in [1.165, 1.54) is 0 Å². The van der Waals surface area contributed by atoms with Crippen LogP contribution in [-0.2, 0) is 11.2 Å². The summed E-state index contributed by atoms with van der Waals surface area (Å²) in [5, 5.41) is 16.0. The quantitative estimate of drug-likeness (QED) is 0.713. The summed E-state index contributed by atoms with van der Waals surface area (Å²) in [4.78, 5) is 24.3. The summed E-state index contributed by atoms with van der Waals surface area (Å²) in [6.07, 6.45) is 0.187. The SMILES string of the molecule is Cc1onc(-c2ccccc2)c1C(=O)NC(Cc1ccccc1)C(=O)O. The first-order chi connectivity index (χ1) is 12.6. The summed E-state index contributed by atoms with van der Waals surface area (Å²) < 4.78 is 5.17. The fraction of sp³-hybridized carbons (Fsp3) is 0.150. The lowest BCUT2D eigenvalue weighted by atomic mass is 10.0. The number of benzene rings is 2. The average Bonchev–Trinajstić information content (AvgIpc) is 3.04. The van der Waals surface area contributed by atoms with Gasteiger partial charge >= 0.3 is 5.97 Å². The number of aromatic nitrogens is 1. The molecule has 6 nitrogen and oxygen atoms in total. The molecule has 0 saturated heterocycles. The lowest BCUT2D eigenvalue weighted by Gasteiger charge is -2.14. The number of hydrogen-bond donors (Lipinski definition) is 2. The minimum atomic E-state index is -1.10. The van der Waals surface area contributed by atoms with Gasteiger partial charge in [-0.15, -0.1) is 0 Å². The van der Waals surface area contributed by atoms with Crippen LogP contribution in [0.5, 0.6) is 0 Å². The summed E-state index contributed by atoms with van der Waals surface area (Å²) in [5.41, 5.74) is 2.19. The summed E-state index contributed by atoms with van der Waals surface area (Å²) in [5.74, 6) is -1.28. The molecule has 2 aromatic carbocycles. The number of carboxylic acid groups (broad SMARTS) is 1. The van der Waals surface area contributed by atoms with Gasteiger partial charge < -0.3 is 14.9 Å². The van der Waals surface area contributed by atoms with Gasteiger partial charge in [-0.3, -0.25) is 4.79 Å². The van der Waals surface area contributed by atoms with Crippen LogP contribution in [0.4, 0.5) is 0 Å². The van der Waals surface area contributed by atoms with Crippen molar-refractivity contribution in [3.63, 3.8) is 0 Å². The third-order valence-corrected chi connectivity index (χ3v) is 4.02. The van der Waals surface area contributed by atoms with Crippen molar-refractivity contribution in [3.8, 4) is 11.3 Å². The molecule has 1 aromatic heterocycles. The van der Waals surface area contributed by atoms with E-state index < -0.39 is 17.9 Å². The van der Waals surface area contributed by atoms with E-state index in [-0.39, 0.29) is 12.0 Å². The Labute approximate surface area is 150 Å². The molecule has 1 heterocycles. The first-order valence-electron chi connectivity index (χ1n) is 8.15. The molecule has 0 saturated carbocycles. The second-order valence-electron chi connectivity index (χ2n) is 5.88. The second kappa shape index (κ2) is 7.65. The van der Waals surface area contributed by atoms with Gasteiger partial charge in [0.25, 0.3) is 5.91 Å². The molecule has 0 aliphatic carbocycles. The van der Waals surface area contributed by atoms with Gasteiger partial charge in [-0.1, -0.05) is 65.8 Å². The maximum Gasteiger partial charge on any atom is 0.326 e. The van der Waals surface area contributed by atoms with E-state index in [1.54, 1.807) is 6.92 Å². The Kier molecular flexibility index (Phi) is 5.12. The van der Waals surface area contributed by atoms with E-state index in [0.717, 1.165) is 11.1 Å². The second-order valence-corrected chi connectivity index (χ2v) is 5.88. The van der Waals surface area contributed by atoms with Gasteiger partial charge in [0.15, 0.2) is 0 Å². The van der Waals surface area contributed by atoms with Gasteiger partial charge in [-0.2, -0.15) is 0 Å². The van der Waals surface area contributed by atoms with Crippen LogP contribution in [0.1, 0.15) is 21.7 Å². The van der Waals surface area contributed by atoms with Crippen LogP contribution < -0.4 is 5.32 Å². The summed E-state index contributed by atoms with van der Waals surface area (Å²) in [7, 11) is 0. The molecule has 0 spiro atoms. The zero-order valence-corrected chi connectivity index (χ0v) is 14.2. The summed E-state index contributed by atoms with van der Waals surface area (Å²) in [6.45, 7) is 1.63. The molecule has 3 rings (SSSR count). The minimum Gasteiger partial charge on any atom is -0.480 e. The van der Waals surface area contributed by atoms with Crippen LogP contribution >= 0.6 is 0 Å². The van der Waals surface area contributed by atoms with E-state index in [1.807, 2.05) is 60.7 Å². The van der Waals surface area contributed by atoms with Gasteiger partial charge in [0.05, 0.1) is 0 Å². The molecule has 1 atom stereocenters. The van der Waals surface area contributed by atoms with E-state index in [0.29, 0.717) is 11.5 Å². The van der Waals surface area contributed by atoms with Crippen molar-refractivity contribution in [2.75, 3.05) is 0 Å². The predicted molar refractivity (Wildman–Crippen MR) is 95.7 cm³/mol. The number of nitrogens with one attached hydrogen (secondary N) is 1. The molecule has 1 unspecified atom stereocenters. The normalized spacial score (nSPS) is 11.7. The molecule has 2 N–H and O–H groups in total. The smallest absolute Gasteiger partial charge is 0.326 e. The molecule has 26 heavy (non-hydrogen) atoms. The summed E-state index contributed by atoms with van der Waals surface area (Å²) in [6, 6.07) is 17.2. The van der Waals surface area contributed by atoms with Crippen molar-refractivity contribution in [1.82, 2.24) is 10.5 Å². The van der Waals surface area contributed by atoms with E-state index >= 15 is 0 Å². The first kappa shape index (κ1) is 17.4. The number of rotatable bonds is 6. The summed E-state index contributed by atoms with van der Waals surface area (Å²) >= 11 is 0. The van der Waals surface area contributed by atoms with Crippen LogP contribution in [0.25, 0.3) is 11.3 Å². The largest absolute Gasteiger partial charge is 0.480 e. The van der Waals surface area contributed by atoms with Crippen molar-refractivity contribution >= 4 is 11.9 Å². The fourth-order valence-electron chi connectivity index (χ4n) is 2.71. The van der Waals surface area contributed by atoms with Crippen molar-refractivity contribution in [3.05, 3.63) is 77.6 Å². The van der Waals surface area contributed by atoms with Crippen LogP contribution in [0.15, 0.2) is 65.2 Å². The lowest BCUT2D eigenvalue weighted by molar-refractivity contribution is -0.139. The van der Waals surface area contributed by atoms with Gasteiger partial charge in [0.1, 0.15) is 23.1 Å². The topological polar surface area (TPSA) is 92.4 Å². The Bertz CT molecular complexity index is 904. The fourth-order valence-corrected chi connectivity index (χ4v) is 2.71. The number of nitrogens with zero attached hydrogens (tertiary/aromatic N) is 1. The molecule has 0 aliphatic rings. The molecule has 132 valence electrons. The monoisotopic (exact) mass is 350 g/mol. The molecule has 0 bridgehead atoms. The number of amides is 1. The molecule has 0 radical (unpaired) electrons. The van der Waals surface area contributed by atoms with Crippen molar-refractivity contribution < 1.29 is 19.2 Å². The predicted octanol–water partition coefficient (Wildman–Crippen LogP) is 3.08. The molecule has 0 fully saturated rings. The van der Waals surface area contributed by atoms with Crippen LogP contribution in [0.3, 0.4) is 0 Å². The molecule has 3 aromatic rings. The van der Waals surface area contributed by atoms with Crippen LogP contribution in [-0.4, -0.2) is 28.2 Å². The first-order valence-corrected chi connectivity index (χ1v) is 8.15. The molecule has 0 aliphatic heterocycles. The Morgan fingerprint density at radius 2 is 1.69 bits per heavy atom. The highest BCUT2D eigenvalue weighted by atomic mass is 16.5. The third kappa shape index (κ3) is 3.80. The molecule has 1 amide bonds. The third-order valence-electron chi connectivity index (χ3n) is 4.02. The molecule has 6 heteroatoms. The zero-order valence-electron chi connectivity index (χ0n) is 14.2. The standard InChI is InChI=1S/C20H18N2O4/c1-13-17(18(22-26-13)15-10-6-3-7-11-15)19(23)21-16(20(24)25)12-14-8-4-2-5-9-14/h2-11,16H,12H2,1H3,(H,21,23)(H,24,25). The highest BCUT2D eigenvalue weighted by Crippen LogP contribution is 2.25. The number of aliphatic carboxylic acids is 1. The number of carbonyl (C=O) groups is 2. The maximum atomic E-state index is 12.8. The van der Waals surface area contributed by atoms with E-state index in [9.17, 15) is 14.7 Å². The van der Waals surface area contributed by atoms with Crippen molar-refractivity contribution in [1.29, 1.82) is 0 Å². The molecular formula is C20H18N2O4.